The van der Waals surface area contributed by atoms with Gasteiger partial charge in [0.1, 0.15) is 0 Å². The molecule has 0 bridgehead atoms. The van der Waals surface area contributed by atoms with Gasteiger partial charge in [0, 0.05) is 36.2 Å². The van der Waals surface area contributed by atoms with E-state index in [1.54, 1.807) is 0 Å². The molecule has 0 spiro atoms. The normalized spacial score (nSPS) is 20.9. The van der Waals surface area contributed by atoms with E-state index < -0.39 is 0 Å². The second kappa shape index (κ2) is 4.86. The van der Waals surface area contributed by atoms with Gasteiger partial charge in [-0.25, -0.2) is 0 Å². The summed E-state index contributed by atoms with van der Waals surface area (Å²) in [6.07, 6.45) is 0. The summed E-state index contributed by atoms with van der Waals surface area (Å²) in [7, 11) is 0. The summed E-state index contributed by atoms with van der Waals surface area (Å²) in [5, 5.41) is 3.54. The molecule has 1 aliphatic heterocycles. The zero-order chi connectivity index (χ0) is 11.6. The monoisotopic (exact) mass is 282 g/mol. The van der Waals surface area contributed by atoms with Crippen molar-refractivity contribution in [2.24, 2.45) is 0 Å². The van der Waals surface area contributed by atoms with Crippen LogP contribution in [0, 0.1) is 0 Å². The van der Waals surface area contributed by atoms with Crippen molar-refractivity contribution in [3.63, 3.8) is 0 Å². The smallest absolute Gasteiger partial charge is 0.0252 e. The summed E-state index contributed by atoms with van der Waals surface area (Å²) in [5.74, 6) is 0. The van der Waals surface area contributed by atoms with Crippen molar-refractivity contribution in [1.29, 1.82) is 0 Å². The van der Waals surface area contributed by atoms with Crippen LogP contribution in [0.15, 0.2) is 28.7 Å². The predicted octanol–water partition coefficient (Wildman–Crippen LogP) is 2.63. The van der Waals surface area contributed by atoms with E-state index in [9.17, 15) is 0 Å². The minimum Gasteiger partial charge on any atom is -0.309 e. The van der Waals surface area contributed by atoms with Crippen LogP contribution in [0.5, 0.6) is 0 Å². The standard InChI is InChI=1S/C13H19BrN2/c1-13(2)10-16(8-7-15-13)9-11-5-3-4-6-12(11)14/h3-6,15H,7-10H2,1-2H3. The minimum atomic E-state index is 0.236. The third-order valence-corrected chi connectivity index (χ3v) is 3.78. The fourth-order valence-electron chi connectivity index (χ4n) is 2.25. The van der Waals surface area contributed by atoms with E-state index in [1.165, 1.54) is 10.0 Å². The number of hydrogen-bond donors (Lipinski definition) is 1. The number of benzene rings is 1. The molecule has 0 aromatic heterocycles. The Labute approximate surface area is 106 Å². The molecule has 0 saturated carbocycles. The first-order chi connectivity index (χ1) is 7.57. The number of piperazine rings is 1. The predicted molar refractivity (Wildman–Crippen MR) is 71.5 cm³/mol. The van der Waals surface area contributed by atoms with Crippen molar-refractivity contribution < 1.29 is 0 Å². The zero-order valence-corrected chi connectivity index (χ0v) is 11.5. The van der Waals surface area contributed by atoms with Gasteiger partial charge in [0.2, 0.25) is 0 Å². The largest absolute Gasteiger partial charge is 0.309 e. The van der Waals surface area contributed by atoms with Gasteiger partial charge in [-0.3, -0.25) is 4.90 Å². The Morgan fingerprint density at radius 3 is 2.81 bits per heavy atom. The van der Waals surface area contributed by atoms with E-state index in [0.717, 1.165) is 26.2 Å². The number of rotatable bonds is 2. The van der Waals surface area contributed by atoms with Crippen molar-refractivity contribution in [2.75, 3.05) is 19.6 Å². The number of nitrogens with zero attached hydrogens (tertiary/aromatic N) is 1. The molecular formula is C13H19BrN2. The molecule has 0 aliphatic carbocycles. The van der Waals surface area contributed by atoms with Crippen LogP contribution in [0.2, 0.25) is 0 Å². The lowest BCUT2D eigenvalue weighted by atomic mass is 10.0. The average Bonchev–Trinajstić information content (AvgIpc) is 2.20. The first-order valence-electron chi connectivity index (χ1n) is 5.78. The van der Waals surface area contributed by atoms with Crippen LogP contribution in [0.25, 0.3) is 0 Å². The summed E-state index contributed by atoms with van der Waals surface area (Å²) in [5.41, 5.74) is 1.61. The Hall–Kier alpha value is -0.380. The first-order valence-corrected chi connectivity index (χ1v) is 6.57. The van der Waals surface area contributed by atoms with Gasteiger partial charge in [0.15, 0.2) is 0 Å². The van der Waals surface area contributed by atoms with E-state index in [2.05, 4.69) is 64.3 Å². The fourth-order valence-corrected chi connectivity index (χ4v) is 2.66. The van der Waals surface area contributed by atoms with E-state index >= 15 is 0 Å². The molecule has 0 atom stereocenters. The van der Waals surface area contributed by atoms with Crippen LogP contribution >= 0.6 is 15.9 Å². The molecule has 1 aromatic carbocycles. The molecule has 0 unspecified atom stereocenters. The van der Waals surface area contributed by atoms with Gasteiger partial charge in [-0.15, -0.1) is 0 Å². The Bertz CT molecular complexity index is 363. The van der Waals surface area contributed by atoms with E-state index in [-0.39, 0.29) is 5.54 Å². The Balaban J connectivity index is 2.02. The molecule has 88 valence electrons. The fraction of sp³-hybridized carbons (Fsp3) is 0.538. The maximum absolute atomic E-state index is 3.61. The average molecular weight is 283 g/mol. The van der Waals surface area contributed by atoms with Gasteiger partial charge in [0.25, 0.3) is 0 Å². The molecule has 1 N–H and O–H groups in total. The lowest BCUT2D eigenvalue weighted by Crippen LogP contribution is -2.56. The molecule has 1 fully saturated rings. The topological polar surface area (TPSA) is 15.3 Å². The maximum Gasteiger partial charge on any atom is 0.0252 e. The van der Waals surface area contributed by atoms with Crippen LogP contribution in [0.4, 0.5) is 0 Å². The third kappa shape index (κ3) is 3.06. The van der Waals surface area contributed by atoms with Crippen LogP contribution in [-0.4, -0.2) is 30.1 Å². The van der Waals surface area contributed by atoms with Gasteiger partial charge in [0.05, 0.1) is 0 Å². The van der Waals surface area contributed by atoms with Crippen molar-refractivity contribution in [3.05, 3.63) is 34.3 Å². The van der Waals surface area contributed by atoms with Crippen molar-refractivity contribution in [1.82, 2.24) is 10.2 Å². The number of halogens is 1. The molecule has 1 aromatic rings. The summed E-state index contributed by atoms with van der Waals surface area (Å²) >= 11 is 3.61. The highest BCUT2D eigenvalue weighted by Gasteiger charge is 2.25. The van der Waals surface area contributed by atoms with E-state index in [4.69, 9.17) is 0 Å². The Morgan fingerprint density at radius 2 is 2.12 bits per heavy atom. The van der Waals surface area contributed by atoms with Crippen molar-refractivity contribution in [3.8, 4) is 0 Å². The van der Waals surface area contributed by atoms with Gasteiger partial charge in [-0.2, -0.15) is 0 Å². The van der Waals surface area contributed by atoms with E-state index in [1.807, 2.05) is 0 Å². The zero-order valence-electron chi connectivity index (χ0n) is 9.96. The summed E-state index contributed by atoms with van der Waals surface area (Å²) in [6, 6.07) is 8.48. The van der Waals surface area contributed by atoms with Crippen molar-refractivity contribution in [2.45, 2.75) is 25.9 Å². The molecular weight excluding hydrogens is 264 g/mol. The first kappa shape index (κ1) is 12.1. The molecule has 3 heteroatoms. The highest BCUT2D eigenvalue weighted by atomic mass is 79.9. The van der Waals surface area contributed by atoms with Crippen LogP contribution in [0.3, 0.4) is 0 Å². The van der Waals surface area contributed by atoms with Crippen LogP contribution in [-0.2, 0) is 6.54 Å². The SMILES string of the molecule is CC1(C)CN(Cc2ccccc2Br)CCN1. The molecule has 16 heavy (non-hydrogen) atoms. The number of hydrogen-bond acceptors (Lipinski definition) is 2. The molecule has 0 radical (unpaired) electrons. The summed E-state index contributed by atoms with van der Waals surface area (Å²) < 4.78 is 1.21. The van der Waals surface area contributed by atoms with Gasteiger partial charge in [-0.05, 0) is 25.5 Å². The van der Waals surface area contributed by atoms with Crippen LogP contribution < -0.4 is 5.32 Å². The third-order valence-electron chi connectivity index (χ3n) is 3.00. The Kier molecular flexibility index (Phi) is 3.67. The highest BCUT2D eigenvalue weighted by Crippen LogP contribution is 2.19. The van der Waals surface area contributed by atoms with Gasteiger partial charge < -0.3 is 5.32 Å². The molecule has 2 rings (SSSR count). The number of nitrogens with one attached hydrogen (secondary N) is 1. The second-order valence-electron chi connectivity index (χ2n) is 5.11. The van der Waals surface area contributed by atoms with Gasteiger partial charge in [-0.1, -0.05) is 34.1 Å². The Morgan fingerprint density at radius 1 is 1.38 bits per heavy atom. The quantitative estimate of drug-likeness (QED) is 0.897. The highest BCUT2D eigenvalue weighted by molar-refractivity contribution is 9.10. The molecule has 2 nitrogen and oxygen atoms in total. The molecule has 0 amide bonds. The maximum atomic E-state index is 3.61. The lowest BCUT2D eigenvalue weighted by molar-refractivity contribution is 0.148. The molecule has 1 saturated heterocycles. The van der Waals surface area contributed by atoms with E-state index in [0.29, 0.717) is 0 Å². The van der Waals surface area contributed by atoms with Crippen LogP contribution in [0.1, 0.15) is 19.4 Å². The summed E-state index contributed by atoms with van der Waals surface area (Å²) in [4.78, 5) is 2.51. The molecule has 1 heterocycles. The van der Waals surface area contributed by atoms with Crippen molar-refractivity contribution >= 4 is 15.9 Å². The minimum absolute atomic E-state index is 0.236. The second-order valence-corrected chi connectivity index (χ2v) is 5.97. The summed E-state index contributed by atoms with van der Waals surface area (Å²) in [6.45, 7) is 8.88. The molecule has 1 aliphatic rings. The van der Waals surface area contributed by atoms with Gasteiger partial charge >= 0.3 is 0 Å². The lowest BCUT2D eigenvalue weighted by Gasteiger charge is -2.39.